The molecule has 0 atom stereocenters. The topological polar surface area (TPSA) is 113 Å². The number of rotatable bonds is 6. The van der Waals surface area contributed by atoms with E-state index in [1.165, 1.54) is 6.20 Å². The number of nitrogens with zero attached hydrogens (tertiary/aromatic N) is 4. The summed E-state index contributed by atoms with van der Waals surface area (Å²) in [6, 6.07) is 16.1. The maximum absolute atomic E-state index is 12.1. The van der Waals surface area contributed by atoms with Crippen molar-refractivity contribution in [2.75, 3.05) is 17.2 Å². The van der Waals surface area contributed by atoms with Crippen molar-refractivity contribution in [2.45, 2.75) is 6.92 Å². The minimum Gasteiger partial charge on any atom is -0.462 e. The average molecular weight is 360 g/mol. The molecule has 0 bridgehead atoms. The molecular formula is C19H16N6O2. The van der Waals surface area contributed by atoms with Crippen LogP contribution in [0.5, 0.6) is 0 Å². The van der Waals surface area contributed by atoms with E-state index in [9.17, 15) is 10.1 Å². The van der Waals surface area contributed by atoms with Crippen molar-refractivity contribution >= 4 is 29.1 Å². The predicted octanol–water partition coefficient (Wildman–Crippen LogP) is 3.41. The zero-order chi connectivity index (χ0) is 19.1. The van der Waals surface area contributed by atoms with Gasteiger partial charge in [0.1, 0.15) is 6.07 Å². The second-order valence-corrected chi connectivity index (χ2v) is 5.34. The number of nitrogens with one attached hydrogen (secondary N) is 2. The Morgan fingerprint density at radius 2 is 1.85 bits per heavy atom. The second kappa shape index (κ2) is 8.40. The lowest BCUT2D eigenvalue weighted by atomic mass is 10.2. The third-order valence-electron chi connectivity index (χ3n) is 3.54. The van der Waals surface area contributed by atoms with Gasteiger partial charge in [-0.05, 0) is 31.2 Å². The molecule has 27 heavy (non-hydrogen) atoms. The van der Waals surface area contributed by atoms with E-state index in [0.29, 0.717) is 28.3 Å². The number of ether oxygens (including phenoxy) is 1. The highest BCUT2D eigenvalue weighted by molar-refractivity contribution is 5.96. The van der Waals surface area contributed by atoms with Crippen molar-refractivity contribution < 1.29 is 9.53 Å². The number of nitriles is 1. The van der Waals surface area contributed by atoms with Crippen molar-refractivity contribution in [2.24, 2.45) is 0 Å². The highest BCUT2D eigenvalue weighted by Gasteiger charge is 2.13. The Morgan fingerprint density at radius 3 is 2.63 bits per heavy atom. The number of anilines is 4. The number of hydrogen-bond donors (Lipinski definition) is 2. The molecule has 0 saturated heterocycles. The first-order chi connectivity index (χ1) is 13.2. The fourth-order valence-electron chi connectivity index (χ4n) is 2.34. The van der Waals surface area contributed by atoms with Crippen LogP contribution >= 0.6 is 0 Å². The van der Waals surface area contributed by atoms with Gasteiger partial charge in [-0.25, -0.2) is 4.79 Å². The Hall–Kier alpha value is -3.99. The molecule has 0 spiro atoms. The minimum absolute atomic E-state index is 0.200. The molecule has 134 valence electrons. The first-order valence-corrected chi connectivity index (χ1v) is 8.20. The molecule has 1 aromatic heterocycles. The summed E-state index contributed by atoms with van der Waals surface area (Å²) in [5.41, 5.74) is 1.97. The van der Waals surface area contributed by atoms with E-state index in [4.69, 9.17) is 4.74 Å². The summed E-state index contributed by atoms with van der Waals surface area (Å²) >= 11 is 0. The lowest BCUT2D eigenvalue weighted by Gasteiger charge is -2.11. The molecular weight excluding hydrogens is 344 g/mol. The van der Waals surface area contributed by atoms with E-state index in [2.05, 4.69) is 31.9 Å². The van der Waals surface area contributed by atoms with Gasteiger partial charge >= 0.3 is 5.97 Å². The van der Waals surface area contributed by atoms with Gasteiger partial charge in [-0.3, -0.25) is 0 Å². The van der Waals surface area contributed by atoms with Crippen molar-refractivity contribution in [3.05, 3.63) is 65.9 Å². The Kier molecular flexibility index (Phi) is 5.54. The number of benzene rings is 2. The highest BCUT2D eigenvalue weighted by Crippen LogP contribution is 2.22. The normalized spacial score (nSPS) is 9.93. The van der Waals surface area contributed by atoms with Gasteiger partial charge in [-0.15, -0.1) is 5.10 Å². The molecule has 8 nitrogen and oxygen atoms in total. The van der Waals surface area contributed by atoms with Crippen LogP contribution in [0.2, 0.25) is 0 Å². The van der Waals surface area contributed by atoms with Crippen LogP contribution < -0.4 is 10.6 Å². The zero-order valence-corrected chi connectivity index (χ0v) is 14.5. The van der Waals surface area contributed by atoms with E-state index in [-0.39, 0.29) is 12.6 Å². The van der Waals surface area contributed by atoms with E-state index in [0.717, 1.165) is 0 Å². The number of aromatic nitrogens is 3. The van der Waals surface area contributed by atoms with Gasteiger partial charge in [-0.2, -0.15) is 15.3 Å². The second-order valence-electron chi connectivity index (χ2n) is 5.34. The first kappa shape index (κ1) is 17.8. The molecule has 0 fully saturated rings. The summed E-state index contributed by atoms with van der Waals surface area (Å²) in [5.74, 6) is 0.167. The predicted molar refractivity (Wildman–Crippen MR) is 99.9 cm³/mol. The quantitative estimate of drug-likeness (QED) is 0.643. The Balaban J connectivity index is 1.83. The summed E-state index contributed by atoms with van der Waals surface area (Å²) in [6.45, 7) is 2.03. The monoisotopic (exact) mass is 360 g/mol. The molecule has 0 unspecified atom stereocenters. The highest BCUT2D eigenvalue weighted by atomic mass is 16.5. The van der Waals surface area contributed by atoms with E-state index < -0.39 is 5.97 Å². The van der Waals surface area contributed by atoms with Gasteiger partial charge in [0.25, 0.3) is 0 Å². The summed E-state index contributed by atoms with van der Waals surface area (Å²) < 4.78 is 5.06. The summed E-state index contributed by atoms with van der Waals surface area (Å²) in [5, 5.41) is 23.0. The summed E-state index contributed by atoms with van der Waals surface area (Å²) in [6.07, 6.45) is 1.44. The van der Waals surface area contributed by atoms with Gasteiger partial charge in [0.15, 0.2) is 5.82 Å². The molecule has 8 heteroatoms. The summed E-state index contributed by atoms with van der Waals surface area (Å²) in [7, 11) is 0. The number of para-hydroxylation sites is 2. The van der Waals surface area contributed by atoms with Crippen LogP contribution in [0.3, 0.4) is 0 Å². The molecule has 2 N–H and O–H groups in total. The fourth-order valence-corrected chi connectivity index (χ4v) is 2.34. The van der Waals surface area contributed by atoms with Gasteiger partial charge in [0, 0.05) is 0 Å². The number of hydrogen-bond acceptors (Lipinski definition) is 8. The lowest BCUT2D eigenvalue weighted by molar-refractivity contribution is 0.0527. The summed E-state index contributed by atoms with van der Waals surface area (Å²) in [4.78, 5) is 16.4. The molecule has 0 aliphatic heterocycles. The van der Waals surface area contributed by atoms with E-state index in [1.54, 1.807) is 49.4 Å². The molecule has 3 aromatic rings. The molecule has 0 saturated carbocycles. The minimum atomic E-state index is -0.439. The third-order valence-corrected chi connectivity index (χ3v) is 3.54. The Bertz CT molecular complexity index is 999. The first-order valence-electron chi connectivity index (χ1n) is 8.20. The van der Waals surface area contributed by atoms with Crippen LogP contribution in [0.15, 0.2) is 54.7 Å². The van der Waals surface area contributed by atoms with Crippen molar-refractivity contribution in [3.63, 3.8) is 0 Å². The van der Waals surface area contributed by atoms with Gasteiger partial charge in [0.2, 0.25) is 5.95 Å². The van der Waals surface area contributed by atoms with E-state index in [1.807, 2.05) is 6.07 Å². The maximum atomic E-state index is 12.1. The Morgan fingerprint density at radius 1 is 1.11 bits per heavy atom. The number of esters is 1. The largest absolute Gasteiger partial charge is 0.462 e. The average Bonchev–Trinajstić information content (AvgIpc) is 2.69. The fraction of sp³-hybridized carbons (Fsp3) is 0.105. The molecule has 1 heterocycles. The van der Waals surface area contributed by atoms with Crippen LogP contribution in [0.25, 0.3) is 0 Å². The van der Waals surface area contributed by atoms with Crippen molar-refractivity contribution in [3.8, 4) is 6.07 Å². The lowest BCUT2D eigenvalue weighted by Crippen LogP contribution is -2.09. The molecule has 2 aromatic carbocycles. The van der Waals surface area contributed by atoms with Gasteiger partial charge in [0.05, 0.1) is 35.3 Å². The maximum Gasteiger partial charge on any atom is 0.340 e. The van der Waals surface area contributed by atoms with Crippen LogP contribution in [0, 0.1) is 11.3 Å². The SMILES string of the molecule is CCOC(=O)c1ccccc1Nc1nncc(Nc2ccccc2C#N)n1. The van der Waals surface area contributed by atoms with Crippen molar-refractivity contribution in [1.82, 2.24) is 15.2 Å². The van der Waals surface area contributed by atoms with Gasteiger partial charge in [-0.1, -0.05) is 24.3 Å². The zero-order valence-electron chi connectivity index (χ0n) is 14.5. The molecule has 3 rings (SSSR count). The molecule has 0 aliphatic rings. The molecule has 0 aliphatic carbocycles. The number of carbonyl (C=O) groups excluding carboxylic acids is 1. The third kappa shape index (κ3) is 4.35. The van der Waals surface area contributed by atoms with Crippen molar-refractivity contribution in [1.29, 1.82) is 5.26 Å². The van der Waals surface area contributed by atoms with Crippen LogP contribution in [-0.4, -0.2) is 27.8 Å². The van der Waals surface area contributed by atoms with Crippen LogP contribution in [-0.2, 0) is 4.74 Å². The molecule has 0 amide bonds. The Labute approximate surface area is 155 Å². The standard InChI is InChI=1S/C19H16N6O2/c1-2-27-18(26)14-8-4-6-10-16(14)23-19-24-17(12-21-25-19)22-15-9-5-3-7-13(15)11-20/h3-10,12H,2H2,1H3,(H2,22,23,24,25). The van der Waals surface area contributed by atoms with E-state index >= 15 is 0 Å². The smallest absolute Gasteiger partial charge is 0.340 e. The van der Waals surface area contributed by atoms with Gasteiger partial charge < -0.3 is 15.4 Å². The van der Waals surface area contributed by atoms with Crippen LogP contribution in [0.1, 0.15) is 22.8 Å². The molecule has 0 radical (unpaired) electrons. The van der Waals surface area contributed by atoms with Crippen LogP contribution in [0.4, 0.5) is 23.1 Å². The number of carbonyl (C=O) groups is 1.